The quantitative estimate of drug-likeness (QED) is 0.837. The van der Waals surface area contributed by atoms with Crippen LogP contribution in [-0.2, 0) is 4.79 Å². The number of amides is 2. The van der Waals surface area contributed by atoms with Gasteiger partial charge in [0.25, 0.3) is 11.8 Å². The Morgan fingerprint density at radius 2 is 1.87 bits per heavy atom. The summed E-state index contributed by atoms with van der Waals surface area (Å²) in [5, 5.41) is 5.10. The number of rotatable bonds is 5. The highest BCUT2D eigenvalue weighted by Crippen LogP contribution is 2.21. The summed E-state index contributed by atoms with van der Waals surface area (Å²) < 4.78 is 19.3. The van der Waals surface area contributed by atoms with E-state index in [4.69, 9.17) is 4.74 Å². The Hall–Kier alpha value is -2.41. The van der Waals surface area contributed by atoms with Crippen molar-refractivity contribution >= 4 is 33.4 Å². The Balaban J connectivity index is 1.90. The minimum atomic E-state index is -0.554. The van der Waals surface area contributed by atoms with E-state index in [-0.39, 0.29) is 18.3 Å². The first kappa shape index (κ1) is 17.0. The number of anilines is 1. The topological polar surface area (TPSA) is 67.4 Å². The summed E-state index contributed by atoms with van der Waals surface area (Å²) in [4.78, 5) is 23.2. The number of carbonyl (C=O) groups excluding carboxylic acids is 2. The second kappa shape index (κ2) is 7.73. The molecular formula is C16H14BrFN2O3. The van der Waals surface area contributed by atoms with Gasteiger partial charge in [0.15, 0.2) is 18.2 Å². The Bertz CT molecular complexity index is 720. The monoisotopic (exact) mass is 380 g/mol. The van der Waals surface area contributed by atoms with Crippen molar-refractivity contribution in [1.82, 2.24) is 5.32 Å². The molecule has 7 heteroatoms. The predicted molar refractivity (Wildman–Crippen MR) is 88.1 cm³/mol. The van der Waals surface area contributed by atoms with Gasteiger partial charge in [-0.3, -0.25) is 9.59 Å². The normalized spacial score (nSPS) is 10.0. The summed E-state index contributed by atoms with van der Waals surface area (Å²) in [5.41, 5.74) is 1.00. The summed E-state index contributed by atoms with van der Waals surface area (Å²) in [6.45, 7) is -0.324. The number of carbonyl (C=O) groups is 2. The highest BCUT2D eigenvalue weighted by molar-refractivity contribution is 9.10. The van der Waals surface area contributed by atoms with Gasteiger partial charge >= 0.3 is 0 Å². The number of hydrogen-bond donors (Lipinski definition) is 2. The van der Waals surface area contributed by atoms with E-state index in [0.29, 0.717) is 15.7 Å². The minimum Gasteiger partial charge on any atom is -0.481 e. The van der Waals surface area contributed by atoms with Gasteiger partial charge in [-0.05, 0) is 42.5 Å². The van der Waals surface area contributed by atoms with Crippen LogP contribution in [0.15, 0.2) is 46.9 Å². The largest absolute Gasteiger partial charge is 0.481 e. The Kier molecular flexibility index (Phi) is 5.70. The first-order valence-corrected chi connectivity index (χ1v) is 7.48. The molecule has 0 fully saturated rings. The van der Waals surface area contributed by atoms with Crippen LogP contribution in [0.25, 0.3) is 0 Å². The summed E-state index contributed by atoms with van der Waals surface area (Å²) in [5.74, 6) is -1.20. The van der Waals surface area contributed by atoms with Gasteiger partial charge in [-0.2, -0.15) is 0 Å². The van der Waals surface area contributed by atoms with E-state index in [9.17, 15) is 14.0 Å². The average molecular weight is 381 g/mol. The first-order chi connectivity index (χ1) is 11.0. The molecule has 0 aromatic heterocycles. The van der Waals surface area contributed by atoms with Crippen molar-refractivity contribution in [3.63, 3.8) is 0 Å². The van der Waals surface area contributed by atoms with Gasteiger partial charge in [0.2, 0.25) is 0 Å². The van der Waals surface area contributed by atoms with Gasteiger partial charge in [0.05, 0.1) is 0 Å². The highest BCUT2D eigenvalue weighted by Gasteiger charge is 2.08. The van der Waals surface area contributed by atoms with E-state index >= 15 is 0 Å². The van der Waals surface area contributed by atoms with Gasteiger partial charge in [-0.25, -0.2) is 4.39 Å². The third-order valence-electron chi connectivity index (χ3n) is 2.91. The molecule has 0 spiro atoms. The molecule has 0 aliphatic rings. The molecule has 0 aliphatic carbocycles. The van der Waals surface area contributed by atoms with Crippen LogP contribution in [0.3, 0.4) is 0 Å². The number of halogens is 2. The average Bonchev–Trinajstić information content (AvgIpc) is 2.54. The molecule has 2 N–H and O–H groups in total. The lowest BCUT2D eigenvalue weighted by Gasteiger charge is -2.09. The van der Waals surface area contributed by atoms with Crippen LogP contribution in [-0.4, -0.2) is 25.5 Å². The smallest absolute Gasteiger partial charge is 0.262 e. The lowest BCUT2D eigenvalue weighted by Crippen LogP contribution is -2.21. The molecule has 2 amide bonds. The van der Waals surface area contributed by atoms with Crippen LogP contribution in [0.4, 0.5) is 10.1 Å². The Labute approximate surface area is 141 Å². The molecule has 0 unspecified atom stereocenters. The van der Waals surface area contributed by atoms with Gasteiger partial charge in [0, 0.05) is 22.8 Å². The maximum absolute atomic E-state index is 13.6. The summed E-state index contributed by atoms with van der Waals surface area (Å²) in [6, 6.07) is 10.7. The predicted octanol–water partition coefficient (Wildman–Crippen LogP) is 2.97. The van der Waals surface area contributed by atoms with E-state index in [2.05, 4.69) is 26.6 Å². The molecule has 5 nitrogen and oxygen atoms in total. The Morgan fingerprint density at radius 3 is 2.48 bits per heavy atom. The van der Waals surface area contributed by atoms with Crippen LogP contribution in [0.5, 0.6) is 5.75 Å². The van der Waals surface area contributed by atoms with E-state index in [1.165, 1.54) is 19.2 Å². The van der Waals surface area contributed by atoms with Crippen LogP contribution in [0, 0.1) is 5.82 Å². The lowest BCUT2D eigenvalue weighted by atomic mass is 10.2. The van der Waals surface area contributed by atoms with Gasteiger partial charge in [0.1, 0.15) is 0 Å². The molecule has 0 heterocycles. The van der Waals surface area contributed by atoms with Crippen LogP contribution in [0.1, 0.15) is 10.4 Å². The number of benzene rings is 2. The number of hydrogen-bond acceptors (Lipinski definition) is 3. The molecule has 0 radical (unpaired) electrons. The molecule has 0 atom stereocenters. The van der Waals surface area contributed by atoms with E-state index in [1.807, 2.05) is 0 Å². The Morgan fingerprint density at radius 1 is 1.17 bits per heavy atom. The van der Waals surface area contributed by atoms with E-state index in [0.717, 1.165) is 0 Å². The number of nitrogens with one attached hydrogen (secondary N) is 2. The molecule has 0 saturated carbocycles. The number of ether oxygens (including phenoxy) is 1. The van der Waals surface area contributed by atoms with E-state index < -0.39 is 11.7 Å². The van der Waals surface area contributed by atoms with E-state index in [1.54, 1.807) is 30.3 Å². The fourth-order valence-corrected chi connectivity index (χ4v) is 2.12. The van der Waals surface area contributed by atoms with Crippen molar-refractivity contribution in [2.24, 2.45) is 0 Å². The molecule has 0 bridgehead atoms. The van der Waals surface area contributed by atoms with Crippen LogP contribution >= 0.6 is 15.9 Å². The van der Waals surface area contributed by atoms with Crippen molar-refractivity contribution in [2.75, 3.05) is 19.0 Å². The van der Waals surface area contributed by atoms with Crippen molar-refractivity contribution in [2.45, 2.75) is 0 Å². The third-order valence-corrected chi connectivity index (χ3v) is 3.40. The minimum absolute atomic E-state index is 0.00156. The molecule has 2 rings (SSSR count). The van der Waals surface area contributed by atoms with Crippen LogP contribution in [0.2, 0.25) is 0 Å². The summed E-state index contributed by atoms with van der Waals surface area (Å²) >= 11 is 3.14. The second-order valence-corrected chi connectivity index (χ2v) is 5.48. The van der Waals surface area contributed by atoms with Gasteiger partial charge in [-0.1, -0.05) is 15.9 Å². The zero-order valence-corrected chi connectivity index (χ0v) is 13.8. The molecule has 2 aromatic rings. The fraction of sp³-hybridized carbons (Fsp3) is 0.125. The molecule has 2 aromatic carbocycles. The maximum atomic E-state index is 13.6. The summed E-state index contributed by atoms with van der Waals surface area (Å²) in [6.07, 6.45) is 0. The molecule has 23 heavy (non-hydrogen) atoms. The van der Waals surface area contributed by atoms with Crippen molar-refractivity contribution in [3.8, 4) is 5.75 Å². The van der Waals surface area contributed by atoms with Crippen LogP contribution < -0.4 is 15.4 Å². The molecule has 120 valence electrons. The molecular weight excluding hydrogens is 367 g/mol. The van der Waals surface area contributed by atoms with Crippen molar-refractivity contribution in [3.05, 3.63) is 58.3 Å². The third kappa shape index (κ3) is 4.79. The maximum Gasteiger partial charge on any atom is 0.262 e. The molecule has 0 aliphatic heterocycles. The van der Waals surface area contributed by atoms with Crippen molar-refractivity contribution in [1.29, 1.82) is 0 Å². The fourth-order valence-electron chi connectivity index (χ4n) is 1.78. The zero-order chi connectivity index (χ0) is 16.8. The molecule has 0 saturated heterocycles. The standard InChI is InChI=1S/C16H14BrFN2O3/c1-19-16(22)10-2-5-12(6-3-10)20-15(21)9-23-14-7-4-11(17)8-13(14)18/h2-8H,9H2,1H3,(H,19,22)(H,20,21). The van der Waals surface area contributed by atoms with Gasteiger partial charge in [-0.15, -0.1) is 0 Å². The van der Waals surface area contributed by atoms with Gasteiger partial charge < -0.3 is 15.4 Å². The lowest BCUT2D eigenvalue weighted by molar-refractivity contribution is -0.118. The second-order valence-electron chi connectivity index (χ2n) is 4.57. The van der Waals surface area contributed by atoms with Crippen molar-refractivity contribution < 1.29 is 18.7 Å². The zero-order valence-electron chi connectivity index (χ0n) is 12.2. The summed E-state index contributed by atoms with van der Waals surface area (Å²) in [7, 11) is 1.54. The highest BCUT2D eigenvalue weighted by atomic mass is 79.9. The SMILES string of the molecule is CNC(=O)c1ccc(NC(=O)COc2ccc(Br)cc2F)cc1. The first-order valence-electron chi connectivity index (χ1n) is 6.69.